The van der Waals surface area contributed by atoms with Crippen molar-refractivity contribution in [3.63, 3.8) is 0 Å². The van der Waals surface area contributed by atoms with E-state index in [4.69, 9.17) is 5.73 Å². The monoisotopic (exact) mass is 311 g/mol. The third-order valence-corrected chi connectivity index (χ3v) is 3.24. The SMILES string of the molecule is NCc1ccc(-c2cnc(C(=O)O)c(Cn3cnnn3)n2)cc1. The lowest BCUT2D eigenvalue weighted by Gasteiger charge is -2.08. The predicted octanol–water partition coefficient (Wildman–Crippen LogP) is 0.335. The van der Waals surface area contributed by atoms with Crippen molar-refractivity contribution in [2.24, 2.45) is 5.73 Å². The van der Waals surface area contributed by atoms with Crippen LogP contribution in [-0.4, -0.2) is 41.3 Å². The normalized spacial score (nSPS) is 10.7. The molecule has 0 saturated carbocycles. The summed E-state index contributed by atoms with van der Waals surface area (Å²) in [5.74, 6) is -1.15. The molecule has 3 N–H and O–H groups in total. The van der Waals surface area contributed by atoms with Crippen molar-refractivity contribution < 1.29 is 9.90 Å². The molecule has 0 unspecified atom stereocenters. The largest absolute Gasteiger partial charge is 0.476 e. The van der Waals surface area contributed by atoms with Gasteiger partial charge in [-0.05, 0) is 16.0 Å². The van der Waals surface area contributed by atoms with Gasteiger partial charge in [0.1, 0.15) is 6.33 Å². The molecule has 9 nitrogen and oxygen atoms in total. The summed E-state index contributed by atoms with van der Waals surface area (Å²) in [4.78, 5) is 19.7. The molecule has 2 aromatic heterocycles. The summed E-state index contributed by atoms with van der Waals surface area (Å²) in [6, 6.07) is 7.52. The van der Waals surface area contributed by atoms with Crippen LogP contribution < -0.4 is 5.73 Å². The number of carboxylic acids is 1. The predicted molar refractivity (Wildman–Crippen MR) is 79.2 cm³/mol. The Kier molecular flexibility index (Phi) is 4.02. The Labute approximate surface area is 130 Å². The van der Waals surface area contributed by atoms with Crippen LogP contribution in [0.25, 0.3) is 11.3 Å². The first-order chi connectivity index (χ1) is 11.2. The summed E-state index contributed by atoms with van der Waals surface area (Å²) in [6.45, 7) is 0.574. The Bertz CT molecular complexity index is 816. The van der Waals surface area contributed by atoms with E-state index in [0.717, 1.165) is 11.1 Å². The Morgan fingerprint density at radius 3 is 2.65 bits per heavy atom. The standard InChI is InChI=1S/C14H13N7O2/c15-5-9-1-3-10(4-2-9)11-6-16-13(14(22)23)12(18-11)7-21-8-17-19-20-21/h1-4,6,8H,5,7,15H2,(H,22,23). The van der Waals surface area contributed by atoms with Crippen molar-refractivity contribution in [2.45, 2.75) is 13.1 Å². The van der Waals surface area contributed by atoms with E-state index in [2.05, 4.69) is 25.5 Å². The molecule has 0 spiro atoms. The summed E-state index contributed by atoms with van der Waals surface area (Å²) in [5, 5.41) is 20.0. The van der Waals surface area contributed by atoms with Crippen LogP contribution in [0.5, 0.6) is 0 Å². The summed E-state index contributed by atoms with van der Waals surface area (Å²) >= 11 is 0. The number of nitrogens with two attached hydrogens (primary N) is 1. The van der Waals surface area contributed by atoms with Gasteiger partial charge in [-0.1, -0.05) is 24.3 Å². The van der Waals surface area contributed by atoms with Gasteiger partial charge >= 0.3 is 5.97 Å². The minimum absolute atomic E-state index is 0.121. The number of carboxylic acid groups (broad SMARTS) is 1. The minimum Gasteiger partial charge on any atom is -0.476 e. The number of aromatic carboxylic acids is 1. The Hall–Kier alpha value is -3.20. The van der Waals surface area contributed by atoms with Crippen molar-refractivity contribution >= 4 is 5.97 Å². The number of hydrogen-bond acceptors (Lipinski definition) is 7. The second-order valence-electron chi connectivity index (χ2n) is 4.76. The molecule has 0 amide bonds. The van der Waals surface area contributed by atoms with Crippen molar-refractivity contribution in [1.29, 1.82) is 0 Å². The summed E-state index contributed by atoms with van der Waals surface area (Å²) in [7, 11) is 0. The topological polar surface area (TPSA) is 133 Å². The first-order valence-corrected chi connectivity index (χ1v) is 6.76. The lowest BCUT2D eigenvalue weighted by molar-refractivity contribution is 0.0688. The fourth-order valence-corrected chi connectivity index (χ4v) is 2.07. The van der Waals surface area contributed by atoms with Gasteiger partial charge in [-0.2, -0.15) is 0 Å². The smallest absolute Gasteiger partial charge is 0.356 e. The molecule has 0 aliphatic carbocycles. The fraction of sp³-hybridized carbons (Fsp3) is 0.143. The zero-order chi connectivity index (χ0) is 16.2. The molecule has 2 heterocycles. The van der Waals surface area contributed by atoms with Gasteiger partial charge in [0.15, 0.2) is 5.69 Å². The van der Waals surface area contributed by atoms with Gasteiger partial charge in [0.25, 0.3) is 0 Å². The lowest BCUT2D eigenvalue weighted by Crippen LogP contribution is -2.13. The van der Waals surface area contributed by atoms with Crippen LogP contribution in [0.4, 0.5) is 0 Å². The molecule has 3 aromatic rings. The zero-order valence-electron chi connectivity index (χ0n) is 12.0. The van der Waals surface area contributed by atoms with Crippen LogP contribution in [-0.2, 0) is 13.1 Å². The maximum absolute atomic E-state index is 11.3. The van der Waals surface area contributed by atoms with Gasteiger partial charge in [-0.25, -0.2) is 19.4 Å². The molecule has 0 atom stereocenters. The number of rotatable bonds is 5. The van der Waals surface area contributed by atoms with Crippen molar-refractivity contribution in [3.8, 4) is 11.3 Å². The molecule has 9 heteroatoms. The summed E-state index contributed by atoms with van der Waals surface area (Å²) in [6.07, 6.45) is 2.82. The number of tetrazole rings is 1. The van der Waals surface area contributed by atoms with E-state index in [-0.39, 0.29) is 17.9 Å². The van der Waals surface area contributed by atoms with Crippen LogP contribution in [0.1, 0.15) is 21.7 Å². The van der Waals surface area contributed by atoms with Crippen LogP contribution in [0, 0.1) is 0 Å². The van der Waals surface area contributed by atoms with Crippen LogP contribution in [0.2, 0.25) is 0 Å². The quantitative estimate of drug-likeness (QED) is 0.689. The second-order valence-corrected chi connectivity index (χ2v) is 4.76. The zero-order valence-corrected chi connectivity index (χ0v) is 12.0. The van der Waals surface area contributed by atoms with Gasteiger partial charge in [-0.15, -0.1) is 5.10 Å². The number of hydrogen-bond donors (Lipinski definition) is 2. The Balaban J connectivity index is 1.99. The molecular weight excluding hydrogens is 298 g/mol. The minimum atomic E-state index is -1.15. The van der Waals surface area contributed by atoms with E-state index < -0.39 is 5.97 Å². The lowest BCUT2D eigenvalue weighted by atomic mass is 10.1. The molecule has 0 saturated heterocycles. The maximum atomic E-state index is 11.3. The van der Waals surface area contributed by atoms with Crippen LogP contribution in [0.15, 0.2) is 36.8 Å². The van der Waals surface area contributed by atoms with Gasteiger partial charge in [0.05, 0.1) is 24.1 Å². The third kappa shape index (κ3) is 3.19. The molecule has 1 aromatic carbocycles. The van der Waals surface area contributed by atoms with E-state index in [1.807, 2.05) is 24.3 Å². The maximum Gasteiger partial charge on any atom is 0.356 e. The van der Waals surface area contributed by atoms with Crippen molar-refractivity contribution in [1.82, 2.24) is 30.2 Å². The molecule has 0 radical (unpaired) electrons. The van der Waals surface area contributed by atoms with E-state index in [0.29, 0.717) is 12.2 Å². The average molecular weight is 311 g/mol. The molecule has 116 valence electrons. The first kappa shape index (κ1) is 14.7. The van der Waals surface area contributed by atoms with Gasteiger partial charge in [-0.3, -0.25) is 0 Å². The molecule has 0 aliphatic rings. The molecule has 0 bridgehead atoms. The molecular formula is C14H13N7O2. The van der Waals surface area contributed by atoms with E-state index >= 15 is 0 Å². The van der Waals surface area contributed by atoms with E-state index in [9.17, 15) is 9.90 Å². The number of benzene rings is 1. The Morgan fingerprint density at radius 1 is 1.26 bits per heavy atom. The highest BCUT2D eigenvalue weighted by atomic mass is 16.4. The van der Waals surface area contributed by atoms with E-state index in [1.54, 1.807) is 0 Å². The van der Waals surface area contributed by atoms with Crippen LogP contribution in [0.3, 0.4) is 0 Å². The third-order valence-electron chi connectivity index (χ3n) is 3.24. The molecule has 3 rings (SSSR count). The van der Waals surface area contributed by atoms with Gasteiger partial charge < -0.3 is 10.8 Å². The summed E-state index contributed by atoms with van der Waals surface area (Å²) < 4.78 is 1.39. The van der Waals surface area contributed by atoms with Crippen molar-refractivity contribution in [2.75, 3.05) is 0 Å². The molecule has 0 fully saturated rings. The van der Waals surface area contributed by atoms with Gasteiger partial charge in [0.2, 0.25) is 0 Å². The molecule has 23 heavy (non-hydrogen) atoms. The number of nitrogens with zero attached hydrogens (tertiary/aromatic N) is 6. The van der Waals surface area contributed by atoms with Gasteiger partial charge in [0, 0.05) is 12.1 Å². The summed E-state index contributed by atoms with van der Waals surface area (Å²) in [5.41, 5.74) is 8.13. The molecule has 0 aliphatic heterocycles. The first-order valence-electron chi connectivity index (χ1n) is 6.76. The highest BCUT2D eigenvalue weighted by Crippen LogP contribution is 2.19. The highest BCUT2D eigenvalue weighted by molar-refractivity contribution is 5.86. The highest BCUT2D eigenvalue weighted by Gasteiger charge is 2.16. The number of carbonyl (C=O) groups is 1. The Morgan fingerprint density at radius 2 is 2.04 bits per heavy atom. The van der Waals surface area contributed by atoms with Crippen LogP contribution >= 0.6 is 0 Å². The number of aromatic nitrogens is 6. The van der Waals surface area contributed by atoms with E-state index in [1.165, 1.54) is 17.2 Å². The van der Waals surface area contributed by atoms with Crippen molar-refractivity contribution in [3.05, 3.63) is 53.7 Å². The second kappa shape index (κ2) is 6.28. The average Bonchev–Trinajstić information content (AvgIpc) is 3.07. The fourth-order valence-electron chi connectivity index (χ4n) is 2.07.